The molecule has 0 aromatic carbocycles. The van der Waals surface area contributed by atoms with Crippen LogP contribution in [0.25, 0.3) is 0 Å². The Morgan fingerprint density at radius 1 is 1.25 bits per heavy atom. The van der Waals surface area contributed by atoms with Crippen molar-refractivity contribution in [2.45, 2.75) is 25.7 Å². The summed E-state index contributed by atoms with van der Waals surface area (Å²) >= 11 is 0. The van der Waals surface area contributed by atoms with Gasteiger partial charge in [0, 0.05) is 13.1 Å². The lowest BCUT2D eigenvalue weighted by Gasteiger charge is -2.35. The second-order valence-electron chi connectivity index (χ2n) is 4.34. The molecule has 7 heteroatoms. The zero-order valence-corrected chi connectivity index (χ0v) is 10.8. The van der Waals surface area contributed by atoms with Crippen LogP contribution in [0.4, 0.5) is 0 Å². The van der Waals surface area contributed by atoms with E-state index < -0.39 is 15.8 Å². The van der Waals surface area contributed by atoms with Gasteiger partial charge in [0.25, 0.3) is 0 Å². The Labute approximate surface area is 96.7 Å². The minimum atomic E-state index is -3.10. The molecule has 96 valence electrons. The van der Waals surface area contributed by atoms with Gasteiger partial charge >= 0.3 is 0 Å². The summed E-state index contributed by atoms with van der Waals surface area (Å²) in [6.07, 6.45) is 1.14. The number of hydrogen-bond acceptors (Lipinski definition) is 5. The van der Waals surface area contributed by atoms with E-state index in [0.717, 1.165) is 6.26 Å². The van der Waals surface area contributed by atoms with Gasteiger partial charge in [0.05, 0.1) is 25.5 Å². The topological polar surface area (TPSA) is 76.7 Å². The van der Waals surface area contributed by atoms with Gasteiger partial charge < -0.3 is 14.8 Å². The summed E-state index contributed by atoms with van der Waals surface area (Å²) in [6, 6.07) is 0.120. The molecule has 1 rings (SSSR count). The second kappa shape index (κ2) is 5.42. The molecule has 0 aliphatic carbocycles. The molecular formula is C9H20N2O4S. The molecule has 0 saturated carbocycles. The quantitative estimate of drug-likeness (QED) is 0.631. The lowest BCUT2D eigenvalue weighted by molar-refractivity contribution is -0.252. The summed E-state index contributed by atoms with van der Waals surface area (Å²) in [4.78, 5) is 0. The van der Waals surface area contributed by atoms with Gasteiger partial charge in [-0.25, -0.2) is 13.1 Å². The lowest BCUT2D eigenvalue weighted by atomic mass is 10.2. The fraction of sp³-hybridized carbons (Fsp3) is 1.00. The molecule has 1 aliphatic rings. The summed E-state index contributed by atoms with van der Waals surface area (Å²) in [7, 11) is -3.10. The van der Waals surface area contributed by atoms with Gasteiger partial charge in [-0.2, -0.15) is 0 Å². The maximum absolute atomic E-state index is 10.8. The predicted molar refractivity (Wildman–Crippen MR) is 60.6 cm³/mol. The van der Waals surface area contributed by atoms with Crippen molar-refractivity contribution in [1.82, 2.24) is 10.0 Å². The van der Waals surface area contributed by atoms with Crippen LogP contribution in [0.1, 0.15) is 13.8 Å². The SMILES string of the molecule is CC1(C)OCC(NCCNS(C)(=O)=O)CO1. The van der Waals surface area contributed by atoms with E-state index in [9.17, 15) is 8.42 Å². The second-order valence-corrected chi connectivity index (χ2v) is 6.17. The van der Waals surface area contributed by atoms with Gasteiger partial charge in [0.1, 0.15) is 0 Å². The molecule has 1 heterocycles. The summed E-state index contributed by atoms with van der Waals surface area (Å²) in [5.74, 6) is -0.511. The Morgan fingerprint density at radius 3 is 2.31 bits per heavy atom. The number of ether oxygens (including phenoxy) is 2. The normalized spacial score (nSPS) is 22.2. The fourth-order valence-corrected chi connectivity index (χ4v) is 1.80. The maximum atomic E-state index is 10.8. The number of rotatable bonds is 5. The summed E-state index contributed by atoms with van der Waals surface area (Å²) in [6.45, 7) is 5.82. The first-order chi connectivity index (χ1) is 7.29. The van der Waals surface area contributed by atoms with E-state index in [1.165, 1.54) is 0 Å². The number of sulfonamides is 1. The van der Waals surface area contributed by atoms with Crippen molar-refractivity contribution in [1.29, 1.82) is 0 Å². The Kier molecular flexibility index (Phi) is 4.69. The van der Waals surface area contributed by atoms with Gasteiger partial charge in [-0.3, -0.25) is 0 Å². The van der Waals surface area contributed by atoms with Crippen molar-refractivity contribution in [3.05, 3.63) is 0 Å². The van der Waals surface area contributed by atoms with Crippen LogP contribution in [0.3, 0.4) is 0 Å². The standard InChI is InChI=1S/C9H20N2O4S/c1-9(2)14-6-8(7-15-9)10-4-5-11-16(3,12)13/h8,10-11H,4-7H2,1-3H3. The van der Waals surface area contributed by atoms with E-state index in [-0.39, 0.29) is 6.04 Å². The molecule has 6 nitrogen and oxygen atoms in total. The molecular weight excluding hydrogens is 232 g/mol. The van der Waals surface area contributed by atoms with Crippen LogP contribution >= 0.6 is 0 Å². The van der Waals surface area contributed by atoms with Crippen LogP contribution in [0.2, 0.25) is 0 Å². The van der Waals surface area contributed by atoms with E-state index in [1.807, 2.05) is 13.8 Å². The van der Waals surface area contributed by atoms with E-state index >= 15 is 0 Å². The first kappa shape index (κ1) is 13.9. The first-order valence-electron chi connectivity index (χ1n) is 5.24. The highest BCUT2D eigenvalue weighted by Gasteiger charge is 2.27. The van der Waals surface area contributed by atoms with Crippen molar-refractivity contribution < 1.29 is 17.9 Å². The highest BCUT2D eigenvalue weighted by molar-refractivity contribution is 7.88. The van der Waals surface area contributed by atoms with Gasteiger partial charge in [-0.1, -0.05) is 0 Å². The monoisotopic (exact) mass is 252 g/mol. The Balaban J connectivity index is 2.11. The molecule has 1 fully saturated rings. The Hall–Kier alpha value is -0.210. The Bertz CT molecular complexity index is 305. The number of nitrogens with one attached hydrogen (secondary N) is 2. The molecule has 1 aliphatic heterocycles. The molecule has 0 bridgehead atoms. The molecule has 0 atom stereocenters. The molecule has 0 aromatic heterocycles. The highest BCUT2D eigenvalue weighted by Crippen LogP contribution is 2.16. The van der Waals surface area contributed by atoms with E-state index in [4.69, 9.17) is 9.47 Å². The van der Waals surface area contributed by atoms with Gasteiger partial charge in [-0.15, -0.1) is 0 Å². The summed E-state index contributed by atoms with van der Waals surface area (Å²) in [5, 5.41) is 3.16. The van der Waals surface area contributed by atoms with E-state index in [2.05, 4.69) is 10.0 Å². The third-order valence-electron chi connectivity index (χ3n) is 2.19. The van der Waals surface area contributed by atoms with Crippen molar-refractivity contribution in [3.8, 4) is 0 Å². The van der Waals surface area contributed by atoms with Crippen LogP contribution in [0, 0.1) is 0 Å². The van der Waals surface area contributed by atoms with Crippen LogP contribution in [0.15, 0.2) is 0 Å². The zero-order chi connectivity index (χ0) is 12.2. The molecule has 1 saturated heterocycles. The maximum Gasteiger partial charge on any atom is 0.208 e. The lowest BCUT2D eigenvalue weighted by Crippen LogP contribution is -2.49. The van der Waals surface area contributed by atoms with Gasteiger partial charge in [0.15, 0.2) is 5.79 Å². The predicted octanol–water partition coefficient (Wildman–Crippen LogP) is -0.723. The third kappa shape index (κ3) is 5.76. The molecule has 0 unspecified atom stereocenters. The van der Waals surface area contributed by atoms with Crippen molar-refractivity contribution in [2.75, 3.05) is 32.6 Å². The molecule has 0 spiro atoms. The summed E-state index contributed by atoms with van der Waals surface area (Å²) in [5.41, 5.74) is 0. The number of hydrogen-bond donors (Lipinski definition) is 2. The van der Waals surface area contributed by atoms with Crippen LogP contribution in [-0.2, 0) is 19.5 Å². The van der Waals surface area contributed by atoms with E-state index in [1.54, 1.807) is 0 Å². The van der Waals surface area contributed by atoms with E-state index in [0.29, 0.717) is 26.3 Å². The average Bonchev–Trinajstić information content (AvgIpc) is 2.13. The van der Waals surface area contributed by atoms with Crippen molar-refractivity contribution in [3.63, 3.8) is 0 Å². The molecule has 2 N–H and O–H groups in total. The summed E-state index contributed by atoms with van der Waals surface area (Å²) < 4.78 is 34.9. The molecule has 0 amide bonds. The van der Waals surface area contributed by atoms with Crippen LogP contribution in [0.5, 0.6) is 0 Å². The fourth-order valence-electron chi connectivity index (χ4n) is 1.32. The third-order valence-corrected chi connectivity index (χ3v) is 2.92. The van der Waals surface area contributed by atoms with Gasteiger partial charge in [0.2, 0.25) is 10.0 Å². The molecule has 0 aromatic rings. The van der Waals surface area contributed by atoms with Crippen molar-refractivity contribution in [2.24, 2.45) is 0 Å². The minimum Gasteiger partial charge on any atom is -0.349 e. The average molecular weight is 252 g/mol. The Morgan fingerprint density at radius 2 is 1.81 bits per heavy atom. The largest absolute Gasteiger partial charge is 0.349 e. The smallest absolute Gasteiger partial charge is 0.208 e. The zero-order valence-electron chi connectivity index (χ0n) is 9.95. The van der Waals surface area contributed by atoms with Crippen LogP contribution in [-0.4, -0.2) is 52.8 Å². The van der Waals surface area contributed by atoms with Crippen molar-refractivity contribution >= 4 is 10.0 Å². The van der Waals surface area contributed by atoms with Gasteiger partial charge in [-0.05, 0) is 13.8 Å². The first-order valence-corrected chi connectivity index (χ1v) is 7.13. The minimum absolute atomic E-state index is 0.120. The highest BCUT2D eigenvalue weighted by atomic mass is 32.2. The molecule has 0 radical (unpaired) electrons. The van der Waals surface area contributed by atoms with Crippen LogP contribution < -0.4 is 10.0 Å². The molecule has 16 heavy (non-hydrogen) atoms.